The van der Waals surface area contributed by atoms with Crippen LogP contribution >= 0.6 is 0 Å². The van der Waals surface area contributed by atoms with Crippen LogP contribution in [-0.2, 0) is 4.79 Å². The van der Waals surface area contributed by atoms with Crippen molar-refractivity contribution in [3.8, 4) is 0 Å². The Morgan fingerprint density at radius 1 is 1.40 bits per heavy atom. The van der Waals surface area contributed by atoms with Gasteiger partial charge in [-0.25, -0.2) is 0 Å². The summed E-state index contributed by atoms with van der Waals surface area (Å²) in [5.41, 5.74) is 6.53. The van der Waals surface area contributed by atoms with E-state index in [2.05, 4.69) is 24.4 Å². The number of hydrogen-bond donors (Lipinski definition) is 2. The summed E-state index contributed by atoms with van der Waals surface area (Å²) in [7, 11) is 0. The lowest BCUT2D eigenvalue weighted by atomic mass is 10.0. The summed E-state index contributed by atoms with van der Waals surface area (Å²) in [6, 6.07) is 10.1. The van der Waals surface area contributed by atoms with Gasteiger partial charge in [0.2, 0.25) is 5.91 Å². The van der Waals surface area contributed by atoms with E-state index in [1.54, 1.807) is 0 Å². The molecule has 0 spiro atoms. The average molecular weight is 206 g/mol. The quantitative estimate of drug-likeness (QED) is 0.762. The third kappa shape index (κ3) is 4.13. The molecule has 3 heteroatoms. The summed E-state index contributed by atoms with van der Waals surface area (Å²) in [5.74, 6) is 0.369. The van der Waals surface area contributed by atoms with Crippen LogP contribution < -0.4 is 11.1 Å². The van der Waals surface area contributed by atoms with Gasteiger partial charge in [0, 0.05) is 19.5 Å². The highest BCUT2D eigenvalue weighted by atomic mass is 16.1. The van der Waals surface area contributed by atoms with Crippen molar-refractivity contribution in [2.75, 3.05) is 13.1 Å². The number of carbonyl (C=O) groups excluding carboxylic acids is 1. The van der Waals surface area contributed by atoms with E-state index in [-0.39, 0.29) is 5.91 Å². The van der Waals surface area contributed by atoms with E-state index in [1.165, 1.54) is 5.56 Å². The molecule has 1 aromatic carbocycles. The predicted octanol–water partition coefficient (Wildman–Crippen LogP) is 1.26. The van der Waals surface area contributed by atoms with Crippen LogP contribution in [0.25, 0.3) is 0 Å². The molecule has 3 nitrogen and oxygen atoms in total. The predicted molar refractivity (Wildman–Crippen MR) is 61.5 cm³/mol. The Labute approximate surface area is 90.7 Å². The molecule has 1 atom stereocenters. The SMILES string of the molecule is C[C@H](CNC(=O)CCN)c1ccccc1. The number of hydrogen-bond acceptors (Lipinski definition) is 2. The molecule has 0 unspecified atom stereocenters. The molecule has 0 saturated carbocycles. The van der Waals surface area contributed by atoms with E-state index in [4.69, 9.17) is 5.73 Å². The standard InChI is InChI=1S/C12H18N2O/c1-10(9-14-12(15)7-8-13)11-5-3-2-4-6-11/h2-6,10H,7-9,13H2,1H3,(H,14,15)/t10-/m1/s1. The first kappa shape index (κ1) is 11.7. The normalized spacial score (nSPS) is 12.1. The van der Waals surface area contributed by atoms with Crippen LogP contribution in [0, 0.1) is 0 Å². The van der Waals surface area contributed by atoms with Gasteiger partial charge in [0.05, 0.1) is 0 Å². The zero-order valence-electron chi connectivity index (χ0n) is 9.07. The van der Waals surface area contributed by atoms with E-state index in [9.17, 15) is 4.79 Å². The molecule has 1 amide bonds. The number of amides is 1. The molecular weight excluding hydrogens is 188 g/mol. The fourth-order valence-corrected chi connectivity index (χ4v) is 1.39. The van der Waals surface area contributed by atoms with Gasteiger partial charge in [-0.3, -0.25) is 4.79 Å². The van der Waals surface area contributed by atoms with Crippen LogP contribution in [0.4, 0.5) is 0 Å². The van der Waals surface area contributed by atoms with Crippen molar-refractivity contribution >= 4 is 5.91 Å². The number of benzene rings is 1. The molecule has 0 aliphatic heterocycles. The monoisotopic (exact) mass is 206 g/mol. The zero-order valence-corrected chi connectivity index (χ0v) is 9.07. The molecule has 0 aliphatic carbocycles. The summed E-state index contributed by atoms with van der Waals surface area (Å²) in [4.78, 5) is 11.2. The highest BCUT2D eigenvalue weighted by Gasteiger charge is 2.06. The van der Waals surface area contributed by atoms with Crippen LogP contribution in [-0.4, -0.2) is 19.0 Å². The first-order valence-corrected chi connectivity index (χ1v) is 5.25. The molecular formula is C12H18N2O. The smallest absolute Gasteiger partial charge is 0.221 e. The van der Waals surface area contributed by atoms with Crippen molar-refractivity contribution in [2.24, 2.45) is 5.73 Å². The zero-order chi connectivity index (χ0) is 11.1. The topological polar surface area (TPSA) is 55.1 Å². The largest absolute Gasteiger partial charge is 0.355 e. The van der Waals surface area contributed by atoms with Crippen molar-refractivity contribution in [1.29, 1.82) is 0 Å². The van der Waals surface area contributed by atoms with Gasteiger partial charge >= 0.3 is 0 Å². The van der Waals surface area contributed by atoms with Gasteiger partial charge < -0.3 is 11.1 Å². The molecule has 0 aliphatic rings. The van der Waals surface area contributed by atoms with Crippen molar-refractivity contribution in [1.82, 2.24) is 5.32 Å². The Bertz CT molecular complexity index is 298. The first-order valence-electron chi connectivity index (χ1n) is 5.25. The van der Waals surface area contributed by atoms with Gasteiger partial charge in [-0.2, -0.15) is 0 Å². The molecule has 3 N–H and O–H groups in total. The Morgan fingerprint density at radius 2 is 2.07 bits per heavy atom. The fraction of sp³-hybridized carbons (Fsp3) is 0.417. The highest BCUT2D eigenvalue weighted by Crippen LogP contribution is 2.12. The number of carbonyl (C=O) groups is 1. The first-order chi connectivity index (χ1) is 7.24. The van der Waals surface area contributed by atoms with Crippen LogP contribution in [0.15, 0.2) is 30.3 Å². The molecule has 0 radical (unpaired) electrons. The molecule has 0 saturated heterocycles. The lowest BCUT2D eigenvalue weighted by Crippen LogP contribution is -2.29. The second-order valence-electron chi connectivity index (χ2n) is 3.65. The number of rotatable bonds is 5. The minimum absolute atomic E-state index is 0.0280. The van der Waals surface area contributed by atoms with Crippen LogP contribution in [0.1, 0.15) is 24.8 Å². The maximum atomic E-state index is 11.2. The van der Waals surface area contributed by atoms with Gasteiger partial charge in [0.15, 0.2) is 0 Å². The van der Waals surface area contributed by atoms with Gasteiger partial charge in [0.25, 0.3) is 0 Å². The van der Waals surface area contributed by atoms with Crippen molar-refractivity contribution in [3.63, 3.8) is 0 Å². The fourth-order valence-electron chi connectivity index (χ4n) is 1.39. The second-order valence-corrected chi connectivity index (χ2v) is 3.65. The second kappa shape index (κ2) is 6.19. The van der Waals surface area contributed by atoms with E-state index >= 15 is 0 Å². The third-order valence-electron chi connectivity index (χ3n) is 2.35. The molecule has 0 aromatic heterocycles. The summed E-state index contributed by atoms with van der Waals surface area (Å²) in [6.07, 6.45) is 0.404. The van der Waals surface area contributed by atoms with Gasteiger partial charge in [0.1, 0.15) is 0 Å². The highest BCUT2D eigenvalue weighted by molar-refractivity contribution is 5.76. The Kier molecular flexibility index (Phi) is 4.84. The number of nitrogens with two attached hydrogens (primary N) is 1. The maximum absolute atomic E-state index is 11.2. The Morgan fingerprint density at radius 3 is 2.67 bits per heavy atom. The molecule has 82 valence electrons. The van der Waals surface area contributed by atoms with Crippen LogP contribution in [0.3, 0.4) is 0 Å². The van der Waals surface area contributed by atoms with E-state index < -0.39 is 0 Å². The average Bonchev–Trinajstić information content (AvgIpc) is 2.27. The molecule has 0 bridgehead atoms. The third-order valence-corrected chi connectivity index (χ3v) is 2.35. The molecule has 1 aromatic rings. The summed E-state index contributed by atoms with van der Waals surface area (Å²) < 4.78 is 0. The van der Waals surface area contributed by atoms with Crippen molar-refractivity contribution in [2.45, 2.75) is 19.3 Å². The minimum Gasteiger partial charge on any atom is -0.355 e. The van der Waals surface area contributed by atoms with Gasteiger partial charge in [-0.1, -0.05) is 37.3 Å². The Balaban J connectivity index is 2.37. The summed E-state index contributed by atoms with van der Waals surface area (Å²) in [6.45, 7) is 3.17. The molecule has 0 fully saturated rings. The van der Waals surface area contributed by atoms with E-state index in [1.807, 2.05) is 18.2 Å². The molecule has 0 heterocycles. The number of nitrogens with one attached hydrogen (secondary N) is 1. The summed E-state index contributed by atoms with van der Waals surface area (Å²) >= 11 is 0. The van der Waals surface area contributed by atoms with Crippen molar-refractivity contribution in [3.05, 3.63) is 35.9 Å². The molecule has 15 heavy (non-hydrogen) atoms. The lowest BCUT2D eigenvalue weighted by Gasteiger charge is -2.12. The van der Waals surface area contributed by atoms with Crippen LogP contribution in [0.5, 0.6) is 0 Å². The summed E-state index contributed by atoms with van der Waals surface area (Å²) in [5, 5.41) is 2.86. The lowest BCUT2D eigenvalue weighted by molar-refractivity contribution is -0.120. The molecule has 1 rings (SSSR count). The van der Waals surface area contributed by atoms with Gasteiger partial charge in [-0.15, -0.1) is 0 Å². The van der Waals surface area contributed by atoms with Crippen LogP contribution in [0.2, 0.25) is 0 Å². The van der Waals surface area contributed by atoms with E-state index in [0.717, 1.165) is 0 Å². The van der Waals surface area contributed by atoms with Crippen molar-refractivity contribution < 1.29 is 4.79 Å². The minimum atomic E-state index is 0.0280. The Hall–Kier alpha value is -1.35. The van der Waals surface area contributed by atoms with Gasteiger partial charge in [-0.05, 0) is 11.5 Å². The van der Waals surface area contributed by atoms with E-state index in [0.29, 0.717) is 25.4 Å². The maximum Gasteiger partial charge on any atom is 0.221 e.